The monoisotopic (exact) mass is 464 g/mol. The Bertz CT molecular complexity index is 480. The van der Waals surface area contributed by atoms with Gasteiger partial charge in [-0.3, -0.25) is 0 Å². The molecule has 0 fully saturated rings. The molecule has 0 saturated heterocycles. The molecule has 0 saturated carbocycles. The predicted molar refractivity (Wildman–Crippen MR) is 141 cm³/mol. The first-order chi connectivity index (χ1) is 16.0. The molecular weight excluding hydrogens is 412 g/mol. The van der Waals surface area contributed by atoms with Gasteiger partial charge in [-0.2, -0.15) is 0 Å². The van der Waals surface area contributed by atoms with Gasteiger partial charge in [0.05, 0.1) is 25.0 Å². The summed E-state index contributed by atoms with van der Waals surface area (Å²) in [4.78, 5) is 0. The van der Waals surface area contributed by atoms with E-state index in [1.807, 2.05) is 25.0 Å². The minimum Gasteiger partial charge on any atom is -0.500 e. The van der Waals surface area contributed by atoms with Crippen molar-refractivity contribution in [3.8, 4) is 0 Å². The lowest BCUT2D eigenvalue weighted by atomic mass is 9.92. The minimum atomic E-state index is -0.432. The molecule has 0 spiro atoms. The normalized spacial score (nSPS) is 10.7. The molecule has 0 aliphatic carbocycles. The van der Waals surface area contributed by atoms with Crippen LogP contribution >= 0.6 is 0 Å². The molecule has 0 aromatic carbocycles. The molecule has 0 aromatic heterocycles. The zero-order chi connectivity index (χ0) is 25.0. The third kappa shape index (κ3) is 13.5. The summed E-state index contributed by atoms with van der Waals surface area (Å²) in [6.45, 7) is 19.2. The van der Waals surface area contributed by atoms with Gasteiger partial charge in [-0.15, -0.1) is 0 Å². The highest BCUT2D eigenvalue weighted by Crippen LogP contribution is 2.24. The van der Waals surface area contributed by atoms with Crippen molar-refractivity contribution in [3.05, 3.63) is 47.3 Å². The van der Waals surface area contributed by atoms with E-state index in [-0.39, 0.29) is 0 Å². The summed E-state index contributed by atoms with van der Waals surface area (Å²) >= 11 is 0. The Labute approximate surface area is 205 Å². The molecule has 4 heteroatoms. The van der Waals surface area contributed by atoms with E-state index in [9.17, 15) is 0 Å². The van der Waals surface area contributed by atoms with E-state index < -0.39 is 5.41 Å². The summed E-state index contributed by atoms with van der Waals surface area (Å²) in [5, 5.41) is 0. The van der Waals surface area contributed by atoms with Crippen LogP contribution < -0.4 is 0 Å². The van der Waals surface area contributed by atoms with Crippen LogP contribution in [0.15, 0.2) is 47.3 Å². The lowest BCUT2D eigenvalue weighted by Crippen LogP contribution is -2.40. The van der Waals surface area contributed by atoms with Crippen LogP contribution in [0.3, 0.4) is 0 Å². The Balaban J connectivity index is 5.78. The summed E-state index contributed by atoms with van der Waals surface area (Å²) in [6, 6.07) is 0. The predicted octanol–water partition coefficient (Wildman–Crippen LogP) is 8.85. The fourth-order valence-corrected chi connectivity index (χ4v) is 3.26. The molecule has 0 amide bonds. The summed E-state index contributed by atoms with van der Waals surface area (Å²) in [6.07, 6.45) is 15.6. The van der Waals surface area contributed by atoms with E-state index in [0.29, 0.717) is 26.4 Å². The molecule has 33 heavy (non-hydrogen) atoms. The van der Waals surface area contributed by atoms with Crippen molar-refractivity contribution in [2.24, 2.45) is 5.41 Å². The first-order valence-electron chi connectivity index (χ1n) is 13.2. The Morgan fingerprint density at radius 2 is 0.576 bits per heavy atom. The molecule has 0 radical (unpaired) electrons. The van der Waals surface area contributed by atoms with Crippen LogP contribution in [0.1, 0.15) is 107 Å². The highest BCUT2D eigenvalue weighted by Gasteiger charge is 2.34. The van der Waals surface area contributed by atoms with Crippen LogP contribution in [0.5, 0.6) is 0 Å². The zero-order valence-electron chi connectivity index (χ0n) is 22.9. The third-order valence-electron chi connectivity index (χ3n) is 6.19. The lowest BCUT2D eigenvalue weighted by molar-refractivity contribution is -0.0490. The fraction of sp³-hybridized carbons (Fsp3) is 0.724. The Morgan fingerprint density at radius 3 is 0.727 bits per heavy atom. The first-order valence-corrected chi connectivity index (χ1v) is 13.2. The van der Waals surface area contributed by atoms with Gasteiger partial charge in [0.25, 0.3) is 0 Å². The van der Waals surface area contributed by atoms with E-state index in [1.54, 1.807) is 0 Å². The Hall–Kier alpha value is -1.84. The lowest BCUT2D eigenvalue weighted by Gasteiger charge is -2.31. The summed E-state index contributed by atoms with van der Waals surface area (Å²) in [5.41, 5.74) is 4.75. The molecule has 0 atom stereocenters. The number of rotatable bonds is 20. The van der Waals surface area contributed by atoms with E-state index in [2.05, 4.69) is 55.4 Å². The highest BCUT2D eigenvalue weighted by atomic mass is 16.5. The van der Waals surface area contributed by atoms with Gasteiger partial charge < -0.3 is 18.9 Å². The van der Waals surface area contributed by atoms with Crippen molar-refractivity contribution in [1.82, 2.24) is 0 Å². The van der Waals surface area contributed by atoms with Crippen LogP contribution in [0.2, 0.25) is 0 Å². The molecule has 0 aromatic rings. The maximum absolute atomic E-state index is 6.11. The Kier molecular flexibility index (Phi) is 18.5. The second-order valence-electron chi connectivity index (χ2n) is 8.68. The van der Waals surface area contributed by atoms with E-state index in [1.165, 1.54) is 22.3 Å². The van der Waals surface area contributed by atoms with E-state index in [0.717, 1.165) is 51.4 Å². The van der Waals surface area contributed by atoms with Gasteiger partial charge in [-0.05, 0) is 73.7 Å². The molecule has 0 unspecified atom stereocenters. The van der Waals surface area contributed by atoms with Crippen molar-refractivity contribution in [2.45, 2.75) is 107 Å². The van der Waals surface area contributed by atoms with Gasteiger partial charge in [-0.1, -0.05) is 55.4 Å². The summed E-state index contributed by atoms with van der Waals surface area (Å²) in [7, 11) is 0. The smallest absolute Gasteiger partial charge is 0.106 e. The molecule has 0 heterocycles. The van der Waals surface area contributed by atoms with Gasteiger partial charge in [0, 0.05) is 0 Å². The molecule has 0 aliphatic heterocycles. The minimum absolute atomic E-state index is 0.432. The van der Waals surface area contributed by atoms with Gasteiger partial charge in [0.2, 0.25) is 0 Å². The molecule has 0 rings (SSSR count). The van der Waals surface area contributed by atoms with Crippen LogP contribution in [-0.4, -0.2) is 26.4 Å². The largest absolute Gasteiger partial charge is 0.500 e. The van der Waals surface area contributed by atoms with Crippen molar-refractivity contribution in [3.63, 3.8) is 0 Å². The molecule has 4 nitrogen and oxygen atoms in total. The maximum Gasteiger partial charge on any atom is 0.106 e. The fourth-order valence-electron chi connectivity index (χ4n) is 3.26. The second-order valence-corrected chi connectivity index (χ2v) is 8.68. The second kappa shape index (κ2) is 19.6. The van der Waals surface area contributed by atoms with Crippen molar-refractivity contribution in [1.29, 1.82) is 0 Å². The molecule has 0 N–H and O–H groups in total. The van der Waals surface area contributed by atoms with E-state index in [4.69, 9.17) is 18.9 Å². The first kappa shape index (κ1) is 31.2. The zero-order valence-corrected chi connectivity index (χ0v) is 22.9. The average molecular weight is 465 g/mol. The van der Waals surface area contributed by atoms with Crippen LogP contribution in [0.25, 0.3) is 0 Å². The van der Waals surface area contributed by atoms with Gasteiger partial charge in [0.1, 0.15) is 31.8 Å². The molecule has 0 aliphatic rings. The van der Waals surface area contributed by atoms with Crippen molar-refractivity contribution in [2.75, 3.05) is 26.4 Å². The summed E-state index contributed by atoms with van der Waals surface area (Å²) in [5.74, 6) is 0. The standard InChI is InChI=1S/C29H52O4/c1-9-25(10-2)17-30-21-29(22-31-18-26(11-3)12-4,23-32-19-27(13-5)14-6)24-33-20-28(15-7)16-8/h17-20H,9-16,21-24H2,1-8H3. The maximum atomic E-state index is 6.11. The van der Waals surface area contributed by atoms with E-state index >= 15 is 0 Å². The van der Waals surface area contributed by atoms with Crippen LogP contribution in [-0.2, 0) is 18.9 Å². The molecular formula is C29H52O4. The molecule has 192 valence electrons. The topological polar surface area (TPSA) is 36.9 Å². The average Bonchev–Trinajstić information content (AvgIpc) is 2.85. The quantitative estimate of drug-likeness (QED) is 0.169. The Morgan fingerprint density at radius 1 is 0.394 bits per heavy atom. The number of hydrogen-bond acceptors (Lipinski definition) is 4. The number of allylic oxidation sites excluding steroid dienone is 4. The van der Waals surface area contributed by atoms with Crippen LogP contribution in [0.4, 0.5) is 0 Å². The van der Waals surface area contributed by atoms with Crippen molar-refractivity contribution < 1.29 is 18.9 Å². The highest BCUT2D eigenvalue weighted by molar-refractivity contribution is 4.99. The number of hydrogen-bond donors (Lipinski definition) is 0. The van der Waals surface area contributed by atoms with Gasteiger partial charge >= 0.3 is 0 Å². The molecule has 0 bridgehead atoms. The van der Waals surface area contributed by atoms with Crippen LogP contribution in [0, 0.1) is 5.41 Å². The third-order valence-corrected chi connectivity index (χ3v) is 6.19. The van der Waals surface area contributed by atoms with Gasteiger partial charge in [-0.25, -0.2) is 0 Å². The SMILES string of the molecule is CCC(=COCC(COC=C(CC)CC)(COC=C(CC)CC)COC=C(CC)CC)CC. The number of ether oxygens (including phenoxy) is 4. The summed E-state index contributed by atoms with van der Waals surface area (Å²) < 4.78 is 24.4. The van der Waals surface area contributed by atoms with Crippen molar-refractivity contribution >= 4 is 0 Å². The van der Waals surface area contributed by atoms with Gasteiger partial charge in [0.15, 0.2) is 0 Å².